The van der Waals surface area contributed by atoms with Gasteiger partial charge in [0.1, 0.15) is 5.82 Å². The van der Waals surface area contributed by atoms with Crippen molar-refractivity contribution < 1.29 is 0 Å². The highest BCUT2D eigenvalue weighted by Crippen LogP contribution is 2.39. The Hall–Kier alpha value is -1.72. The van der Waals surface area contributed by atoms with E-state index < -0.39 is 0 Å². The van der Waals surface area contributed by atoms with Gasteiger partial charge in [0.2, 0.25) is 0 Å². The molecular weight excluding hydrogens is 408 g/mol. The van der Waals surface area contributed by atoms with Gasteiger partial charge in [-0.25, -0.2) is 9.67 Å². The summed E-state index contributed by atoms with van der Waals surface area (Å²) in [5, 5.41) is 15.1. The zero-order chi connectivity index (χ0) is 25.3. The number of nitrogens with zero attached hydrogens (tertiary/aromatic N) is 5. The highest BCUT2D eigenvalue weighted by atomic mass is 15.4. The Bertz CT molecular complexity index is 660. The second-order valence-corrected chi connectivity index (χ2v) is 11.6. The van der Waals surface area contributed by atoms with Crippen LogP contribution in [0.5, 0.6) is 0 Å². The molecule has 190 valence electrons. The average molecular weight is 461 g/mol. The van der Waals surface area contributed by atoms with Gasteiger partial charge in [-0.3, -0.25) is 5.10 Å². The van der Waals surface area contributed by atoms with Crippen LogP contribution >= 0.6 is 0 Å². The molecule has 0 aliphatic heterocycles. The Balaban J connectivity index is 0.000000247. The van der Waals surface area contributed by atoms with E-state index >= 15 is 0 Å². The van der Waals surface area contributed by atoms with Crippen molar-refractivity contribution in [3.05, 3.63) is 23.5 Å². The molecule has 2 atom stereocenters. The zero-order valence-corrected chi connectivity index (χ0v) is 23.6. The van der Waals surface area contributed by atoms with Gasteiger partial charge in [-0.15, -0.1) is 5.10 Å². The lowest BCUT2D eigenvalue weighted by molar-refractivity contribution is 0.340. The summed E-state index contributed by atoms with van der Waals surface area (Å²) in [6, 6.07) is 0.412. The Morgan fingerprint density at radius 2 is 1.33 bits per heavy atom. The van der Waals surface area contributed by atoms with E-state index in [9.17, 15) is 0 Å². The van der Waals surface area contributed by atoms with Crippen molar-refractivity contribution in [2.75, 3.05) is 0 Å². The molecule has 0 spiro atoms. The number of rotatable bonds is 6. The maximum Gasteiger partial charge on any atom is 0.153 e. The van der Waals surface area contributed by atoms with Crippen LogP contribution in [0.15, 0.2) is 6.20 Å². The normalized spacial score (nSPS) is 18.4. The van der Waals surface area contributed by atoms with Crippen LogP contribution in [0.3, 0.4) is 0 Å². The fourth-order valence-electron chi connectivity index (χ4n) is 3.88. The van der Waals surface area contributed by atoms with Crippen LogP contribution in [0.2, 0.25) is 0 Å². The van der Waals surface area contributed by atoms with E-state index in [-0.39, 0.29) is 0 Å². The summed E-state index contributed by atoms with van der Waals surface area (Å²) >= 11 is 0. The van der Waals surface area contributed by atoms with E-state index in [0.29, 0.717) is 23.8 Å². The predicted octanol–water partition coefficient (Wildman–Crippen LogP) is 7.75. The average Bonchev–Trinajstić information content (AvgIpc) is 3.49. The molecule has 2 aromatic rings. The van der Waals surface area contributed by atoms with Crippen molar-refractivity contribution in [1.29, 1.82) is 0 Å². The topological polar surface area (TPSA) is 72.3 Å². The smallest absolute Gasteiger partial charge is 0.153 e. The van der Waals surface area contributed by atoms with Gasteiger partial charge in [0.05, 0.1) is 5.69 Å². The molecular formula is C27H52N6. The van der Waals surface area contributed by atoms with Crippen molar-refractivity contribution in [2.24, 2.45) is 23.7 Å². The van der Waals surface area contributed by atoms with Gasteiger partial charge < -0.3 is 0 Å². The van der Waals surface area contributed by atoms with Crippen LogP contribution in [0.4, 0.5) is 0 Å². The molecule has 6 heteroatoms. The fraction of sp³-hybridized carbons (Fsp3) is 0.852. The lowest BCUT2D eigenvalue weighted by atomic mass is 9.89. The van der Waals surface area contributed by atoms with Crippen molar-refractivity contribution in [1.82, 2.24) is 30.2 Å². The van der Waals surface area contributed by atoms with Crippen LogP contribution in [0.25, 0.3) is 0 Å². The molecule has 0 aromatic carbocycles. The van der Waals surface area contributed by atoms with Gasteiger partial charge in [-0.05, 0) is 62.7 Å². The quantitative estimate of drug-likeness (QED) is 0.478. The molecule has 33 heavy (non-hydrogen) atoms. The molecule has 2 aromatic heterocycles. The second-order valence-electron chi connectivity index (χ2n) is 11.6. The van der Waals surface area contributed by atoms with Crippen LogP contribution in [-0.2, 0) is 0 Å². The molecule has 6 nitrogen and oxygen atoms in total. The molecule has 1 aliphatic rings. The number of aromatic nitrogens is 6. The Morgan fingerprint density at radius 1 is 0.788 bits per heavy atom. The molecule has 0 saturated heterocycles. The monoisotopic (exact) mass is 460 g/mol. The number of aromatic amines is 1. The Kier molecular flexibility index (Phi) is 12.3. The molecule has 1 N–H and O–H groups in total. The molecule has 1 aliphatic carbocycles. The SMILES string of the molecule is CC(C)C1CCC(C(C)C)C1.CC(C)c1cn(C(C)C)nn1.CC(C)c1n[nH]c(C(C)C)n1. The summed E-state index contributed by atoms with van der Waals surface area (Å²) in [6.07, 6.45) is 6.48. The van der Waals surface area contributed by atoms with Gasteiger partial charge in [-0.1, -0.05) is 74.5 Å². The van der Waals surface area contributed by atoms with E-state index in [4.69, 9.17) is 0 Å². The summed E-state index contributed by atoms with van der Waals surface area (Å²) in [7, 11) is 0. The highest BCUT2D eigenvalue weighted by molar-refractivity contribution is 4.99. The third-order valence-corrected chi connectivity index (χ3v) is 6.63. The first-order valence-electron chi connectivity index (χ1n) is 13.2. The van der Waals surface area contributed by atoms with E-state index in [1.165, 1.54) is 19.3 Å². The maximum absolute atomic E-state index is 4.34. The lowest BCUT2D eigenvalue weighted by Crippen LogP contribution is -2.07. The van der Waals surface area contributed by atoms with Crippen LogP contribution in [0, 0.1) is 23.7 Å². The molecule has 2 unspecified atom stereocenters. The van der Waals surface area contributed by atoms with Gasteiger partial charge >= 0.3 is 0 Å². The minimum atomic E-state index is 0.412. The Morgan fingerprint density at radius 3 is 1.58 bits per heavy atom. The molecule has 0 amide bonds. The highest BCUT2D eigenvalue weighted by Gasteiger charge is 2.28. The number of hydrogen-bond acceptors (Lipinski definition) is 4. The third kappa shape index (κ3) is 9.97. The lowest BCUT2D eigenvalue weighted by Gasteiger charge is -2.16. The second kappa shape index (κ2) is 13.9. The molecule has 1 fully saturated rings. The largest absolute Gasteiger partial charge is 0.263 e. The number of H-pyrrole nitrogens is 1. The van der Waals surface area contributed by atoms with Crippen molar-refractivity contribution >= 4 is 0 Å². The molecule has 0 radical (unpaired) electrons. The van der Waals surface area contributed by atoms with Crippen molar-refractivity contribution in [3.63, 3.8) is 0 Å². The van der Waals surface area contributed by atoms with E-state index in [2.05, 4.69) is 109 Å². The summed E-state index contributed by atoms with van der Waals surface area (Å²) in [5.74, 6) is 7.11. The minimum Gasteiger partial charge on any atom is -0.263 e. The van der Waals surface area contributed by atoms with Crippen LogP contribution < -0.4 is 0 Å². The van der Waals surface area contributed by atoms with Gasteiger partial charge in [0.25, 0.3) is 0 Å². The summed E-state index contributed by atoms with van der Waals surface area (Å²) in [4.78, 5) is 4.34. The van der Waals surface area contributed by atoms with Crippen LogP contribution in [-0.4, -0.2) is 30.2 Å². The van der Waals surface area contributed by atoms with Crippen molar-refractivity contribution in [3.8, 4) is 0 Å². The number of nitrogens with one attached hydrogen (secondary N) is 1. The fourth-order valence-corrected chi connectivity index (χ4v) is 3.88. The zero-order valence-electron chi connectivity index (χ0n) is 23.6. The molecule has 1 saturated carbocycles. The van der Waals surface area contributed by atoms with Crippen LogP contribution in [0.1, 0.15) is 143 Å². The first-order chi connectivity index (χ1) is 15.3. The van der Waals surface area contributed by atoms with Crippen molar-refractivity contribution in [2.45, 2.75) is 126 Å². The summed E-state index contributed by atoms with van der Waals surface area (Å²) < 4.78 is 1.88. The molecule has 2 heterocycles. The summed E-state index contributed by atoms with van der Waals surface area (Å²) in [5.41, 5.74) is 1.07. The predicted molar refractivity (Wildman–Crippen MR) is 140 cm³/mol. The number of hydrogen-bond donors (Lipinski definition) is 1. The Labute approximate surface area is 203 Å². The first-order valence-corrected chi connectivity index (χ1v) is 13.2. The first kappa shape index (κ1) is 29.3. The standard InChI is InChI=1S/C11H22.2C8H15N3/c1-8(2)10-5-6-11(7-10)9(3)4;1-6(2)8-5-11(7(3)4)10-9-8;1-5(2)7-9-8(6(3)4)11-10-7/h8-11H,5-7H2,1-4H3;5-7H,1-4H3;5-6H,1-4H3,(H,9,10,11). The minimum absolute atomic E-state index is 0.412. The molecule has 0 bridgehead atoms. The van der Waals surface area contributed by atoms with Gasteiger partial charge in [-0.2, -0.15) is 5.10 Å². The van der Waals surface area contributed by atoms with Gasteiger partial charge in [0.15, 0.2) is 5.82 Å². The van der Waals surface area contributed by atoms with E-state index in [1.807, 2.05) is 10.9 Å². The van der Waals surface area contributed by atoms with E-state index in [1.54, 1.807) is 0 Å². The third-order valence-electron chi connectivity index (χ3n) is 6.63. The van der Waals surface area contributed by atoms with E-state index in [0.717, 1.165) is 41.0 Å². The molecule has 3 rings (SSSR count). The van der Waals surface area contributed by atoms with Gasteiger partial charge in [0, 0.05) is 24.1 Å². The maximum atomic E-state index is 4.34. The summed E-state index contributed by atoms with van der Waals surface area (Å²) in [6.45, 7) is 26.3.